The molecule has 2 fully saturated rings. The van der Waals surface area contributed by atoms with Gasteiger partial charge in [0.05, 0.1) is 12.3 Å². The lowest BCUT2D eigenvalue weighted by molar-refractivity contribution is 0.0940. The Morgan fingerprint density at radius 3 is 2.77 bits per heavy atom. The third-order valence-corrected chi connectivity index (χ3v) is 5.72. The van der Waals surface area contributed by atoms with Crippen LogP contribution in [-0.4, -0.2) is 58.7 Å². The Bertz CT molecular complexity index is 655. The minimum absolute atomic E-state index is 0.148. The van der Waals surface area contributed by atoms with E-state index in [0.29, 0.717) is 30.7 Å². The molecular formula is C18H25N3O4S. The zero-order valence-corrected chi connectivity index (χ0v) is 16.0. The van der Waals surface area contributed by atoms with Crippen molar-refractivity contribution in [1.29, 1.82) is 0 Å². The molecule has 0 aliphatic carbocycles. The molecule has 0 radical (unpaired) electrons. The van der Waals surface area contributed by atoms with E-state index in [-0.39, 0.29) is 29.8 Å². The van der Waals surface area contributed by atoms with Crippen molar-refractivity contribution >= 4 is 29.3 Å². The highest BCUT2D eigenvalue weighted by molar-refractivity contribution is 7.80. The van der Waals surface area contributed by atoms with Gasteiger partial charge in [-0.25, -0.2) is 4.79 Å². The van der Waals surface area contributed by atoms with Gasteiger partial charge in [-0.1, -0.05) is 20.3 Å². The summed E-state index contributed by atoms with van der Waals surface area (Å²) in [6.45, 7) is 6.16. The van der Waals surface area contributed by atoms with Crippen molar-refractivity contribution in [2.45, 2.75) is 45.2 Å². The highest BCUT2D eigenvalue weighted by Crippen LogP contribution is 2.28. The molecule has 0 aromatic carbocycles. The molecule has 2 saturated heterocycles. The van der Waals surface area contributed by atoms with Crippen molar-refractivity contribution in [2.24, 2.45) is 5.92 Å². The van der Waals surface area contributed by atoms with E-state index in [1.54, 1.807) is 12.1 Å². The SMILES string of the molecule is CC[C@H](C)[C@H]1COC(=O)N1C1CCN(C(=S)NC(=O)c2ccco2)CC1. The Hall–Kier alpha value is -2.09. The number of amides is 2. The second-order valence-corrected chi connectivity index (χ2v) is 7.28. The van der Waals surface area contributed by atoms with Gasteiger partial charge < -0.3 is 14.1 Å². The fourth-order valence-electron chi connectivity index (χ4n) is 3.57. The average molecular weight is 379 g/mol. The number of thiocarbonyl (C=S) groups is 1. The van der Waals surface area contributed by atoms with Gasteiger partial charge in [-0.3, -0.25) is 15.0 Å². The monoisotopic (exact) mass is 379 g/mol. The molecule has 1 aromatic heterocycles. The molecule has 26 heavy (non-hydrogen) atoms. The van der Waals surface area contributed by atoms with Crippen LogP contribution in [0.2, 0.25) is 0 Å². The summed E-state index contributed by atoms with van der Waals surface area (Å²) in [5, 5.41) is 3.10. The average Bonchev–Trinajstić information content (AvgIpc) is 3.31. The number of furan rings is 1. The molecule has 2 aliphatic rings. The standard InChI is InChI=1S/C18H25N3O4S/c1-3-12(2)14-11-25-18(23)21(14)13-6-8-20(9-7-13)17(26)19-16(22)15-5-4-10-24-15/h4-5,10,12-14H,3,6-9,11H2,1-2H3,(H,19,22,26)/t12-,14+/m0/s1. The molecule has 2 atom stereocenters. The number of piperidine rings is 1. The van der Waals surface area contributed by atoms with Crippen LogP contribution in [0.25, 0.3) is 0 Å². The number of nitrogens with zero attached hydrogens (tertiary/aromatic N) is 2. The van der Waals surface area contributed by atoms with Crippen LogP contribution in [0.1, 0.15) is 43.7 Å². The van der Waals surface area contributed by atoms with Crippen molar-refractivity contribution in [3.8, 4) is 0 Å². The Labute approximate surface area is 158 Å². The molecular weight excluding hydrogens is 354 g/mol. The summed E-state index contributed by atoms with van der Waals surface area (Å²) in [5.41, 5.74) is 0. The normalized spacial score (nSPS) is 22.2. The number of nitrogens with one attached hydrogen (secondary N) is 1. The van der Waals surface area contributed by atoms with Gasteiger partial charge >= 0.3 is 6.09 Å². The lowest BCUT2D eigenvalue weighted by Crippen LogP contribution is -2.53. The number of hydrogen-bond acceptors (Lipinski definition) is 5. The van der Waals surface area contributed by atoms with Gasteiger partial charge in [0.25, 0.3) is 5.91 Å². The summed E-state index contributed by atoms with van der Waals surface area (Å²) in [4.78, 5) is 28.1. The van der Waals surface area contributed by atoms with Crippen LogP contribution >= 0.6 is 12.2 Å². The van der Waals surface area contributed by atoms with Crippen molar-refractivity contribution in [3.05, 3.63) is 24.2 Å². The first-order valence-corrected chi connectivity index (χ1v) is 9.51. The first-order chi connectivity index (χ1) is 12.5. The zero-order chi connectivity index (χ0) is 18.7. The van der Waals surface area contributed by atoms with Gasteiger partial charge in [0.2, 0.25) is 0 Å². The predicted molar refractivity (Wildman–Crippen MR) is 99.8 cm³/mol. The van der Waals surface area contributed by atoms with E-state index >= 15 is 0 Å². The molecule has 0 saturated carbocycles. The van der Waals surface area contributed by atoms with E-state index < -0.39 is 0 Å². The Kier molecular flexibility index (Phi) is 5.80. The highest BCUT2D eigenvalue weighted by Gasteiger charge is 2.41. The summed E-state index contributed by atoms with van der Waals surface area (Å²) >= 11 is 5.35. The topological polar surface area (TPSA) is 75.0 Å². The molecule has 8 heteroatoms. The molecule has 0 bridgehead atoms. The largest absolute Gasteiger partial charge is 0.459 e. The summed E-state index contributed by atoms with van der Waals surface area (Å²) < 4.78 is 10.4. The second kappa shape index (κ2) is 8.07. The van der Waals surface area contributed by atoms with Crippen LogP contribution in [0.15, 0.2) is 22.8 Å². The van der Waals surface area contributed by atoms with Crippen LogP contribution in [0.5, 0.6) is 0 Å². The molecule has 0 unspecified atom stereocenters. The predicted octanol–water partition coefficient (Wildman–Crippen LogP) is 2.63. The summed E-state index contributed by atoms with van der Waals surface area (Å²) in [5.74, 6) is 0.300. The molecule has 1 aromatic rings. The summed E-state index contributed by atoms with van der Waals surface area (Å²) in [6, 6.07) is 3.56. The van der Waals surface area contributed by atoms with Gasteiger partial charge in [-0.2, -0.15) is 0 Å². The van der Waals surface area contributed by atoms with Crippen molar-refractivity contribution in [1.82, 2.24) is 15.1 Å². The van der Waals surface area contributed by atoms with E-state index in [0.717, 1.165) is 19.3 Å². The van der Waals surface area contributed by atoms with Gasteiger partial charge in [-0.05, 0) is 43.1 Å². The van der Waals surface area contributed by atoms with Crippen LogP contribution in [-0.2, 0) is 4.74 Å². The number of hydrogen-bond donors (Lipinski definition) is 1. The molecule has 0 spiro atoms. The van der Waals surface area contributed by atoms with Crippen molar-refractivity contribution < 1.29 is 18.7 Å². The molecule has 142 valence electrons. The maximum atomic E-state index is 12.2. The number of cyclic esters (lactones) is 1. The maximum absolute atomic E-state index is 12.2. The number of ether oxygens (including phenoxy) is 1. The Morgan fingerprint density at radius 2 is 2.15 bits per heavy atom. The van der Waals surface area contributed by atoms with Crippen LogP contribution in [0.4, 0.5) is 4.79 Å². The zero-order valence-electron chi connectivity index (χ0n) is 15.1. The van der Waals surface area contributed by atoms with Crippen molar-refractivity contribution in [3.63, 3.8) is 0 Å². The lowest BCUT2D eigenvalue weighted by atomic mass is 9.95. The maximum Gasteiger partial charge on any atom is 0.410 e. The lowest BCUT2D eigenvalue weighted by Gasteiger charge is -2.39. The number of rotatable bonds is 4. The minimum atomic E-state index is -0.345. The van der Waals surface area contributed by atoms with Crippen LogP contribution in [0.3, 0.4) is 0 Å². The molecule has 3 rings (SSSR count). The number of carbonyl (C=O) groups excluding carboxylic acids is 2. The molecule has 2 aliphatic heterocycles. The third kappa shape index (κ3) is 3.85. The van der Waals surface area contributed by atoms with Gasteiger partial charge in [0.1, 0.15) is 6.61 Å². The third-order valence-electron chi connectivity index (χ3n) is 5.36. The number of carbonyl (C=O) groups is 2. The fraction of sp³-hybridized carbons (Fsp3) is 0.611. The quantitative estimate of drug-likeness (QED) is 0.811. The van der Waals surface area contributed by atoms with Crippen molar-refractivity contribution in [2.75, 3.05) is 19.7 Å². The Morgan fingerprint density at radius 1 is 1.42 bits per heavy atom. The van der Waals surface area contributed by atoms with E-state index in [2.05, 4.69) is 19.2 Å². The molecule has 7 nitrogen and oxygen atoms in total. The van der Waals surface area contributed by atoms with Crippen LogP contribution in [0, 0.1) is 5.92 Å². The minimum Gasteiger partial charge on any atom is -0.459 e. The van der Waals surface area contributed by atoms with Gasteiger partial charge in [-0.15, -0.1) is 0 Å². The van der Waals surface area contributed by atoms with Gasteiger partial charge in [0.15, 0.2) is 10.9 Å². The van der Waals surface area contributed by atoms with Gasteiger partial charge in [0, 0.05) is 19.1 Å². The van der Waals surface area contributed by atoms with E-state index in [1.807, 2.05) is 9.80 Å². The second-order valence-electron chi connectivity index (χ2n) is 6.89. The summed E-state index contributed by atoms with van der Waals surface area (Å²) in [7, 11) is 0. The Balaban J connectivity index is 1.54. The smallest absolute Gasteiger partial charge is 0.410 e. The molecule has 3 heterocycles. The summed E-state index contributed by atoms with van der Waals surface area (Å²) in [6.07, 6.45) is 3.87. The first-order valence-electron chi connectivity index (χ1n) is 9.10. The fourth-order valence-corrected chi connectivity index (χ4v) is 3.85. The first kappa shape index (κ1) is 18.7. The van der Waals surface area contributed by atoms with E-state index in [1.165, 1.54) is 6.26 Å². The number of likely N-dealkylation sites (tertiary alicyclic amines) is 1. The van der Waals surface area contributed by atoms with E-state index in [9.17, 15) is 9.59 Å². The molecule has 2 amide bonds. The highest BCUT2D eigenvalue weighted by atomic mass is 32.1. The molecule has 1 N–H and O–H groups in total. The van der Waals surface area contributed by atoms with E-state index in [4.69, 9.17) is 21.4 Å². The van der Waals surface area contributed by atoms with Crippen LogP contribution < -0.4 is 5.32 Å².